The van der Waals surface area contributed by atoms with Crippen LogP contribution in [0.1, 0.15) is 32.6 Å². The fourth-order valence-electron chi connectivity index (χ4n) is 0.612. The molecule has 0 fully saturated rings. The van der Waals surface area contributed by atoms with Gasteiger partial charge in [-0.25, -0.2) is 5.90 Å². The summed E-state index contributed by atoms with van der Waals surface area (Å²) in [5, 5.41) is 0. The Morgan fingerprint density at radius 3 is 2.33 bits per heavy atom. The highest BCUT2D eigenvalue weighted by Gasteiger charge is 1.83. The molecule has 0 aromatic rings. The second-order valence-corrected chi connectivity index (χ2v) is 1.93. The summed E-state index contributed by atoms with van der Waals surface area (Å²) < 4.78 is 0. The van der Waals surface area contributed by atoms with E-state index in [1.54, 1.807) is 0 Å². The predicted molar refractivity (Wildman–Crippen MR) is 37.9 cm³/mol. The average Bonchev–Trinajstić information content (AvgIpc) is 1.81. The number of hydrogen-bond donors (Lipinski definition) is 1. The molecule has 0 spiro atoms. The van der Waals surface area contributed by atoms with Crippen molar-refractivity contribution in [2.45, 2.75) is 32.6 Å². The lowest BCUT2D eigenvalue weighted by atomic mass is 10.2. The molecule has 3 nitrogen and oxygen atoms in total. The second-order valence-electron chi connectivity index (χ2n) is 1.93. The van der Waals surface area contributed by atoms with Crippen LogP contribution in [0.3, 0.4) is 0 Å². The van der Waals surface area contributed by atoms with E-state index in [0.717, 1.165) is 6.42 Å². The Bertz CT molecular complexity index is 36.0. The Kier molecular flexibility index (Phi) is 14.0. The molecule has 0 aromatic heterocycles. The molecule has 0 saturated carbocycles. The van der Waals surface area contributed by atoms with Gasteiger partial charge >= 0.3 is 0 Å². The fourth-order valence-corrected chi connectivity index (χ4v) is 0.612. The fraction of sp³-hybridized carbons (Fsp3) is 1.00. The van der Waals surface area contributed by atoms with Gasteiger partial charge in [0.15, 0.2) is 0 Å². The molecule has 9 heavy (non-hydrogen) atoms. The minimum absolute atomic E-state index is 0. The molecule has 0 aromatic carbocycles. The Balaban J connectivity index is 0. The lowest BCUT2D eigenvalue weighted by Gasteiger charge is -1.94. The van der Waals surface area contributed by atoms with Crippen molar-refractivity contribution < 1.29 is 10.3 Å². The maximum absolute atomic E-state index is 4.81. The van der Waals surface area contributed by atoms with Gasteiger partial charge in [-0.05, 0) is 6.42 Å². The van der Waals surface area contributed by atoms with Crippen molar-refractivity contribution in [1.29, 1.82) is 0 Å². The largest absolute Gasteiger partial charge is 0.412 e. The van der Waals surface area contributed by atoms with Crippen LogP contribution in [-0.2, 0) is 4.84 Å². The van der Waals surface area contributed by atoms with Crippen molar-refractivity contribution in [2.24, 2.45) is 5.90 Å². The standard InChI is InChI=1S/C6H15NO.H2O/c1-2-3-4-5-6-8-7;/h2-7H2,1H3;1H2. The molecule has 0 aliphatic heterocycles. The van der Waals surface area contributed by atoms with E-state index in [1.165, 1.54) is 19.3 Å². The lowest BCUT2D eigenvalue weighted by molar-refractivity contribution is 0.133. The van der Waals surface area contributed by atoms with Gasteiger partial charge in [0.25, 0.3) is 0 Å². The summed E-state index contributed by atoms with van der Waals surface area (Å²) >= 11 is 0. The quantitative estimate of drug-likeness (QED) is 0.444. The first-order chi connectivity index (χ1) is 3.91. The van der Waals surface area contributed by atoms with Gasteiger partial charge in [0.1, 0.15) is 0 Å². The van der Waals surface area contributed by atoms with E-state index >= 15 is 0 Å². The third kappa shape index (κ3) is 11.4. The van der Waals surface area contributed by atoms with Gasteiger partial charge in [-0.3, -0.25) is 0 Å². The van der Waals surface area contributed by atoms with Crippen LogP contribution in [0.4, 0.5) is 0 Å². The van der Waals surface area contributed by atoms with Crippen molar-refractivity contribution in [3.63, 3.8) is 0 Å². The highest BCUT2D eigenvalue weighted by molar-refractivity contribution is 4.36. The van der Waals surface area contributed by atoms with Gasteiger partial charge in [-0.15, -0.1) is 0 Å². The predicted octanol–water partition coefficient (Wildman–Crippen LogP) is 0.632. The van der Waals surface area contributed by atoms with Crippen LogP contribution in [0, 0.1) is 0 Å². The maximum atomic E-state index is 4.81. The highest BCUT2D eigenvalue weighted by Crippen LogP contribution is 1.97. The normalized spacial score (nSPS) is 8.67. The number of rotatable bonds is 5. The smallest absolute Gasteiger partial charge is 0.0679 e. The molecule has 4 N–H and O–H groups in total. The number of hydrogen-bond acceptors (Lipinski definition) is 2. The lowest BCUT2D eigenvalue weighted by Crippen LogP contribution is -1.99. The van der Waals surface area contributed by atoms with Crippen molar-refractivity contribution in [3.05, 3.63) is 0 Å². The minimum Gasteiger partial charge on any atom is -0.412 e. The summed E-state index contributed by atoms with van der Waals surface area (Å²) in [6.07, 6.45) is 4.91. The van der Waals surface area contributed by atoms with Gasteiger partial charge in [0.05, 0.1) is 6.61 Å². The molecule has 0 atom stereocenters. The minimum atomic E-state index is 0. The summed E-state index contributed by atoms with van der Waals surface area (Å²) in [6, 6.07) is 0. The zero-order valence-electron chi connectivity index (χ0n) is 6.02. The molecule has 3 heteroatoms. The van der Waals surface area contributed by atoms with Crippen LogP contribution in [0.2, 0.25) is 0 Å². The van der Waals surface area contributed by atoms with Crippen LogP contribution >= 0.6 is 0 Å². The highest BCUT2D eigenvalue weighted by atomic mass is 16.6. The molecule has 0 saturated heterocycles. The van der Waals surface area contributed by atoms with E-state index in [0.29, 0.717) is 6.61 Å². The molecule has 0 amide bonds. The average molecular weight is 135 g/mol. The molecule has 0 aliphatic rings. The SMILES string of the molecule is CCCCCCON.O. The molecule has 0 bridgehead atoms. The molecular weight excluding hydrogens is 118 g/mol. The van der Waals surface area contributed by atoms with Gasteiger partial charge in [-0.1, -0.05) is 26.2 Å². The molecule has 0 rings (SSSR count). The summed E-state index contributed by atoms with van der Waals surface area (Å²) in [4.78, 5) is 4.39. The van der Waals surface area contributed by atoms with E-state index in [1.807, 2.05) is 0 Å². The Morgan fingerprint density at radius 1 is 1.22 bits per heavy atom. The summed E-state index contributed by atoms with van der Waals surface area (Å²) in [7, 11) is 0. The number of unbranched alkanes of at least 4 members (excludes halogenated alkanes) is 3. The topological polar surface area (TPSA) is 66.8 Å². The van der Waals surface area contributed by atoms with Crippen LogP contribution in [0.25, 0.3) is 0 Å². The summed E-state index contributed by atoms with van der Waals surface area (Å²) in [5.74, 6) is 4.81. The zero-order valence-corrected chi connectivity index (χ0v) is 6.02. The Labute approximate surface area is 56.5 Å². The third-order valence-electron chi connectivity index (χ3n) is 1.12. The van der Waals surface area contributed by atoms with E-state index in [-0.39, 0.29) is 5.48 Å². The first-order valence-corrected chi connectivity index (χ1v) is 3.23. The zero-order chi connectivity index (χ0) is 6.24. The first kappa shape index (κ1) is 11.6. The molecule has 58 valence electrons. The van der Waals surface area contributed by atoms with Gasteiger partial charge in [0, 0.05) is 0 Å². The van der Waals surface area contributed by atoms with E-state index in [2.05, 4.69) is 11.8 Å². The molecular formula is C6H17NO2. The molecule has 0 radical (unpaired) electrons. The van der Waals surface area contributed by atoms with Crippen molar-refractivity contribution in [1.82, 2.24) is 0 Å². The van der Waals surface area contributed by atoms with Gasteiger partial charge < -0.3 is 10.3 Å². The maximum Gasteiger partial charge on any atom is 0.0679 e. The third-order valence-corrected chi connectivity index (χ3v) is 1.12. The van der Waals surface area contributed by atoms with Crippen LogP contribution in [0.15, 0.2) is 0 Å². The first-order valence-electron chi connectivity index (χ1n) is 3.23. The van der Waals surface area contributed by atoms with Crippen molar-refractivity contribution in [2.75, 3.05) is 6.61 Å². The van der Waals surface area contributed by atoms with E-state index < -0.39 is 0 Å². The molecule has 0 heterocycles. The van der Waals surface area contributed by atoms with E-state index in [9.17, 15) is 0 Å². The van der Waals surface area contributed by atoms with Crippen LogP contribution < -0.4 is 5.90 Å². The van der Waals surface area contributed by atoms with Crippen LogP contribution in [0.5, 0.6) is 0 Å². The van der Waals surface area contributed by atoms with Crippen molar-refractivity contribution in [3.8, 4) is 0 Å². The Morgan fingerprint density at radius 2 is 1.89 bits per heavy atom. The Hall–Kier alpha value is -0.120. The van der Waals surface area contributed by atoms with Crippen LogP contribution in [-0.4, -0.2) is 12.1 Å². The molecule has 0 unspecified atom stereocenters. The van der Waals surface area contributed by atoms with Gasteiger partial charge in [-0.2, -0.15) is 0 Å². The van der Waals surface area contributed by atoms with E-state index in [4.69, 9.17) is 5.90 Å². The summed E-state index contributed by atoms with van der Waals surface area (Å²) in [6.45, 7) is 2.89. The second kappa shape index (κ2) is 10.8. The number of nitrogens with two attached hydrogens (primary N) is 1. The van der Waals surface area contributed by atoms with Gasteiger partial charge in [0.2, 0.25) is 0 Å². The van der Waals surface area contributed by atoms with Crippen molar-refractivity contribution >= 4 is 0 Å². The summed E-state index contributed by atoms with van der Waals surface area (Å²) in [5.41, 5.74) is 0. The molecule has 0 aliphatic carbocycles. The monoisotopic (exact) mass is 135 g/mol.